The highest BCUT2D eigenvalue weighted by Crippen LogP contribution is 2.36. The highest BCUT2D eigenvalue weighted by Gasteiger charge is 2.33. The van der Waals surface area contributed by atoms with Crippen LogP contribution in [0.4, 0.5) is 10.1 Å². The largest absolute Gasteiger partial charge is 0.504 e. The molecule has 0 bridgehead atoms. The summed E-state index contributed by atoms with van der Waals surface area (Å²) < 4.78 is 23.3. The highest BCUT2D eigenvalue weighted by atomic mass is 19.1. The van der Waals surface area contributed by atoms with Crippen LogP contribution < -0.4 is 26.0 Å². The summed E-state index contributed by atoms with van der Waals surface area (Å²) in [5, 5.41) is 40.1. The van der Waals surface area contributed by atoms with E-state index in [0.717, 1.165) is 16.6 Å². The first-order valence-corrected chi connectivity index (χ1v) is 19.2. The Morgan fingerprint density at radius 3 is 2.21 bits per heavy atom. The molecule has 0 saturated heterocycles. The normalized spacial score (nSPS) is 15.2. The van der Waals surface area contributed by atoms with Gasteiger partial charge in [0.1, 0.15) is 17.7 Å². The third kappa shape index (κ3) is 9.42. The Labute approximate surface area is 349 Å². The van der Waals surface area contributed by atoms with Gasteiger partial charge in [0.2, 0.25) is 5.91 Å². The molecule has 6 rings (SSSR count). The lowest BCUT2D eigenvalue weighted by Crippen LogP contribution is -2.54. The first kappa shape index (κ1) is 42.8. The number of aromatic hydroxyl groups is 1. The molecule has 0 aliphatic heterocycles. The second-order valence-corrected chi connectivity index (χ2v) is 14.9. The Hall–Kier alpha value is -7.80. The summed E-state index contributed by atoms with van der Waals surface area (Å²) >= 11 is 0. The summed E-state index contributed by atoms with van der Waals surface area (Å²) in [6, 6.07) is 20.9. The molecule has 6 N–H and O–H groups in total. The van der Waals surface area contributed by atoms with Gasteiger partial charge in [-0.1, -0.05) is 25.1 Å². The van der Waals surface area contributed by atoms with Crippen molar-refractivity contribution in [2.75, 3.05) is 5.32 Å². The number of aromatic nitrogens is 2. The number of nitrogens with one attached hydrogen (secondary N) is 4. The average Bonchev–Trinajstić information content (AvgIpc) is 3.56. The Kier molecular flexibility index (Phi) is 12.3. The number of amides is 4. The number of imidazole rings is 1. The number of hydrogen-bond donors (Lipinski definition) is 6. The van der Waals surface area contributed by atoms with Crippen molar-refractivity contribution in [2.45, 2.75) is 58.2 Å². The first-order chi connectivity index (χ1) is 29.0. The van der Waals surface area contributed by atoms with Crippen molar-refractivity contribution >= 4 is 46.3 Å². The number of fused-ring (bicyclic) bond motifs is 1. The van der Waals surface area contributed by atoms with E-state index in [1.165, 1.54) is 48.6 Å². The minimum absolute atomic E-state index is 0.0121. The number of carboxylic acid groups (broad SMARTS) is 1. The number of benzene rings is 4. The van der Waals surface area contributed by atoms with E-state index in [-0.39, 0.29) is 46.7 Å². The fraction of sp³-hybridized carbons (Fsp3) is 0.222. The van der Waals surface area contributed by atoms with Gasteiger partial charge in [-0.15, -0.1) is 0 Å². The van der Waals surface area contributed by atoms with Crippen LogP contribution in [0, 0.1) is 11.3 Å². The summed E-state index contributed by atoms with van der Waals surface area (Å²) in [6.07, 6.45) is 2.15. The van der Waals surface area contributed by atoms with E-state index in [2.05, 4.69) is 32.3 Å². The molecule has 61 heavy (non-hydrogen) atoms. The average molecular weight is 828 g/mol. The quantitative estimate of drug-likeness (QED) is 0.0755. The number of aryl methyl sites for hydroxylation is 1. The molecule has 312 valence electrons. The van der Waals surface area contributed by atoms with Gasteiger partial charge in [-0.2, -0.15) is 5.26 Å². The molecule has 1 aliphatic carbocycles. The minimum atomic E-state index is -1.23. The molecule has 4 amide bonds. The number of nitrogens with zero attached hydrogens (tertiary/aromatic N) is 3. The fourth-order valence-electron chi connectivity index (χ4n) is 6.65. The Morgan fingerprint density at radius 1 is 0.934 bits per heavy atom. The number of carbonyl (C=O) groups excluding carboxylic acids is 4. The maximum absolute atomic E-state index is 15.7. The van der Waals surface area contributed by atoms with Crippen molar-refractivity contribution in [1.82, 2.24) is 25.5 Å². The summed E-state index contributed by atoms with van der Waals surface area (Å²) in [6.45, 7) is 6.60. The lowest BCUT2D eigenvalue weighted by atomic mass is 9.90. The Bertz CT molecular complexity index is 2680. The van der Waals surface area contributed by atoms with Crippen LogP contribution >= 0.6 is 0 Å². The number of halogens is 1. The maximum Gasteiger partial charge on any atom is 0.335 e. The topological polar surface area (TPSA) is 225 Å². The molecule has 16 heteroatoms. The number of carboxylic acids is 1. The van der Waals surface area contributed by atoms with E-state index >= 15 is 4.39 Å². The third-order valence-corrected chi connectivity index (χ3v) is 9.90. The van der Waals surface area contributed by atoms with Gasteiger partial charge in [0.05, 0.1) is 56.7 Å². The molecule has 1 heterocycles. The predicted molar refractivity (Wildman–Crippen MR) is 224 cm³/mol. The van der Waals surface area contributed by atoms with Crippen LogP contribution in [0.2, 0.25) is 0 Å². The number of anilines is 1. The van der Waals surface area contributed by atoms with Crippen molar-refractivity contribution in [3.63, 3.8) is 0 Å². The molecule has 0 spiro atoms. The van der Waals surface area contributed by atoms with E-state index in [1.54, 1.807) is 70.2 Å². The van der Waals surface area contributed by atoms with E-state index in [0.29, 0.717) is 17.0 Å². The number of nitriles is 1. The van der Waals surface area contributed by atoms with Crippen LogP contribution in [-0.4, -0.2) is 67.0 Å². The van der Waals surface area contributed by atoms with Crippen molar-refractivity contribution in [2.24, 2.45) is 7.05 Å². The number of hydrogen-bond acceptors (Lipinski definition) is 9. The van der Waals surface area contributed by atoms with Crippen LogP contribution in [0.3, 0.4) is 0 Å². The number of rotatable bonds is 13. The summed E-state index contributed by atoms with van der Waals surface area (Å²) in [5.41, 5.74) is 1.46. The molecule has 0 radical (unpaired) electrons. The van der Waals surface area contributed by atoms with Crippen LogP contribution in [0.25, 0.3) is 22.4 Å². The minimum Gasteiger partial charge on any atom is -0.504 e. The number of carbonyl (C=O) groups is 5. The van der Waals surface area contributed by atoms with Crippen molar-refractivity contribution in [1.29, 1.82) is 5.26 Å². The molecule has 1 aromatic heterocycles. The summed E-state index contributed by atoms with van der Waals surface area (Å²) in [5.74, 6) is -4.89. The van der Waals surface area contributed by atoms with E-state index in [4.69, 9.17) is 9.84 Å². The van der Waals surface area contributed by atoms with Gasteiger partial charge in [0.15, 0.2) is 11.5 Å². The smallest absolute Gasteiger partial charge is 0.335 e. The SMILES string of the molecule is CC[C@H](NC(=O)c1ccc(-c2nc3ccc(C#N)cc3n2C)cc1)C(=O)NC1(C)C=CC(NC(=O)c2ccc(C(=O)Nc3ccc(C(=O)O)cc3)c(O)c2OC(C)C)=C(F)C1. The molecule has 15 nitrogen and oxygen atoms in total. The summed E-state index contributed by atoms with van der Waals surface area (Å²) in [4.78, 5) is 69.1. The second kappa shape index (κ2) is 17.6. The molecule has 2 atom stereocenters. The predicted octanol–water partition coefficient (Wildman–Crippen LogP) is 6.51. The van der Waals surface area contributed by atoms with Gasteiger partial charge in [-0.25, -0.2) is 14.2 Å². The van der Waals surface area contributed by atoms with Gasteiger partial charge < -0.3 is 40.8 Å². The monoisotopic (exact) mass is 827 g/mol. The standard InChI is InChI=1S/C45H42FN7O8/c1-6-33(50-40(55)27-10-8-26(9-11-27)39-49-35-18-7-25(23-47)21-36(35)53(39)5)43(58)52-45(4)20-19-34(32(46)22-45)51-42(57)31-17-16-30(37(54)38(31)61-24(2)3)41(56)48-29-14-12-28(13-15-29)44(59)60/h7-21,24,33,54H,6,22H2,1-5H3,(H,48,56)(H,50,55)(H,51,57)(H,52,58)(H,59,60)/t33-,45?/m0/s1. The van der Waals surface area contributed by atoms with E-state index < -0.39 is 58.9 Å². The third-order valence-electron chi connectivity index (χ3n) is 9.90. The number of allylic oxidation sites excluding steroid dienone is 1. The molecule has 0 saturated carbocycles. The lowest BCUT2D eigenvalue weighted by Gasteiger charge is -2.32. The van der Waals surface area contributed by atoms with Gasteiger partial charge >= 0.3 is 5.97 Å². The second-order valence-electron chi connectivity index (χ2n) is 14.9. The number of ether oxygens (including phenoxy) is 1. The number of aromatic carboxylic acids is 1. The lowest BCUT2D eigenvalue weighted by molar-refractivity contribution is -0.124. The number of phenolic OH excluding ortho intramolecular Hbond substituents is 1. The van der Waals surface area contributed by atoms with Gasteiger partial charge in [0.25, 0.3) is 17.7 Å². The highest BCUT2D eigenvalue weighted by molar-refractivity contribution is 6.09. The zero-order chi connectivity index (χ0) is 44.2. The van der Waals surface area contributed by atoms with Gasteiger partial charge in [-0.05, 0) is 100.0 Å². The molecule has 1 aliphatic rings. The Morgan fingerprint density at radius 2 is 1.59 bits per heavy atom. The molecule has 4 aromatic carbocycles. The molecule has 0 fully saturated rings. The molecule has 5 aromatic rings. The van der Waals surface area contributed by atoms with Crippen molar-refractivity contribution in [3.05, 3.63) is 130 Å². The van der Waals surface area contributed by atoms with Crippen LogP contribution in [0.5, 0.6) is 11.5 Å². The van der Waals surface area contributed by atoms with Crippen LogP contribution in [0.15, 0.2) is 103 Å². The van der Waals surface area contributed by atoms with Crippen LogP contribution in [-0.2, 0) is 11.8 Å². The molecule has 1 unspecified atom stereocenters. The van der Waals surface area contributed by atoms with Crippen LogP contribution in [0.1, 0.15) is 87.5 Å². The zero-order valence-corrected chi connectivity index (χ0v) is 33.8. The van der Waals surface area contributed by atoms with Crippen molar-refractivity contribution < 1.29 is 43.3 Å². The van der Waals surface area contributed by atoms with E-state index in [1.807, 2.05) is 11.6 Å². The zero-order valence-electron chi connectivity index (χ0n) is 33.8. The molecular formula is C45H42FN7O8. The first-order valence-electron chi connectivity index (χ1n) is 19.2. The van der Waals surface area contributed by atoms with Crippen molar-refractivity contribution in [3.8, 4) is 29.0 Å². The van der Waals surface area contributed by atoms with Gasteiger partial charge in [0, 0.05) is 30.3 Å². The Balaban J connectivity index is 1.09. The fourth-order valence-corrected chi connectivity index (χ4v) is 6.65. The van der Waals surface area contributed by atoms with Gasteiger partial charge in [-0.3, -0.25) is 19.2 Å². The maximum atomic E-state index is 15.7. The molecular weight excluding hydrogens is 786 g/mol. The summed E-state index contributed by atoms with van der Waals surface area (Å²) in [7, 11) is 1.84. The van der Waals surface area contributed by atoms with E-state index in [9.17, 15) is 34.3 Å². The number of phenols is 1.